The highest BCUT2D eigenvalue weighted by molar-refractivity contribution is 5.95. The van der Waals surface area contributed by atoms with E-state index >= 15 is 0 Å². The number of hydrogen-bond donors (Lipinski definition) is 2. The molecular formula is C18H20FN3O3. The van der Waals surface area contributed by atoms with Crippen LogP contribution >= 0.6 is 0 Å². The molecule has 1 heterocycles. The van der Waals surface area contributed by atoms with E-state index in [0.717, 1.165) is 0 Å². The number of rotatable bonds is 4. The van der Waals surface area contributed by atoms with Crippen molar-refractivity contribution in [3.63, 3.8) is 0 Å². The zero-order valence-corrected chi connectivity index (χ0v) is 13.9. The van der Waals surface area contributed by atoms with E-state index < -0.39 is 11.8 Å². The molecule has 1 aliphatic rings. The summed E-state index contributed by atoms with van der Waals surface area (Å²) in [4.78, 5) is 23.5. The summed E-state index contributed by atoms with van der Waals surface area (Å²) >= 11 is 0. The van der Waals surface area contributed by atoms with Crippen molar-refractivity contribution in [2.45, 2.75) is 38.6 Å². The van der Waals surface area contributed by atoms with Crippen LogP contribution in [0.2, 0.25) is 0 Å². The van der Waals surface area contributed by atoms with Crippen molar-refractivity contribution in [3.8, 4) is 5.69 Å². The predicted octanol–water partition coefficient (Wildman–Crippen LogP) is 2.69. The molecular weight excluding hydrogens is 325 g/mol. The van der Waals surface area contributed by atoms with Crippen molar-refractivity contribution >= 4 is 11.9 Å². The van der Waals surface area contributed by atoms with Gasteiger partial charge in [-0.05, 0) is 44.7 Å². The zero-order valence-electron chi connectivity index (χ0n) is 13.9. The third-order valence-corrected chi connectivity index (χ3v) is 4.75. The van der Waals surface area contributed by atoms with E-state index in [1.165, 1.54) is 16.9 Å². The fourth-order valence-electron chi connectivity index (χ4n) is 3.25. The zero-order chi connectivity index (χ0) is 18.0. The summed E-state index contributed by atoms with van der Waals surface area (Å²) < 4.78 is 15.3. The van der Waals surface area contributed by atoms with Gasteiger partial charge in [0.15, 0.2) is 0 Å². The van der Waals surface area contributed by atoms with Gasteiger partial charge in [-0.2, -0.15) is 5.10 Å². The minimum atomic E-state index is -0.771. The average molecular weight is 345 g/mol. The first kappa shape index (κ1) is 17.1. The standard InChI is InChI=1S/C18H20FN3O3/c1-11-14(10-20-22(11)16-5-3-2-4-15(16)19)17(23)21-13-8-6-12(7-9-13)18(24)25/h2-5,10,12-13H,6-9H2,1H3,(H,21,23)(H,24,25). The molecule has 0 atom stereocenters. The Morgan fingerprint density at radius 2 is 1.92 bits per heavy atom. The second-order valence-electron chi connectivity index (χ2n) is 6.37. The number of benzene rings is 1. The van der Waals surface area contributed by atoms with Crippen LogP contribution in [0.4, 0.5) is 4.39 Å². The molecule has 1 amide bonds. The number of carbonyl (C=O) groups excluding carboxylic acids is 1. The van der Waals surface area contributed by atoms with Gasteiger partial charge in [0.25, 0.3) is 5.91 Å². The first-order valence-electron chi connectivity index (χ1n) is 8.30. The lowest BCUT2D eigenvalue weighted by Gasteiger charge is -2.26. The molecule has 0 aliphatic heterocycles. The summed E-state index contributed by atoms with van der Waals surface area (Å²) in [6.07, 6.45) is 3.84. The van der Waals surface area contributed by atoms with Crippen LogP contribution in [0.1, 0.15) is 41.7 Å². The van der Waals surface area contributed by atoms with Crippen LogP contribution in [-0.2, 0) is 4.79 Å². The van der Waals surface area contributed by atoms with Gasteiger partial charge in [-0.15, -0.1) is 0 Å². The molecule has 132 valence electrons. The van der Waals surface area contributed by atoms with E-state index in [2.05, 4.69) is 10.4 Å². The maximum absolute atomic E-state index is 13.9. The molecule has 6 nitrogen and oxygen atoms in total. The molecule has 0 saturated heterocycles. The van der Waals surface area contributed by atoms with Crippen molar-refractivity contribution in [3.05, 3.63) is 47.5 Å². The molecule has 2 aromatic rings. The molecule has 1 saturated carbocycles. The SMILES string of the molecule is Cc1c(C(=O)NC2CCC(C(=O)O)CC2)cnn1-c1ccccc1F. The van der Waals surface area contributed by atoms with E-state index in [9.17, 15) is 14.0 Å². The van der Waals surface area contributed by atoms with E-state index in [-0.39, 0.29) is 17.9 Å². The first-order valence-corrected chi connectivity index (χ1v) is 8.30. The molecule has 1 aromatic heterocycles. The summed E-state index contributed by atoms with van der Waals surface area (Å²) in [6, 6.07) is 6.21. The van der Waals surface area contributed by atoms with Gasteiger partial charge in [0.2, 0.25) is 0 Å². The van der Waals surface area contributed by atoms with Crippen LogP contribution in [0.15, 0.2) is 30.5 Å². The number of halogens is 1. The molecule has 3 rings (SSSR count). The van der Waals surface area contributed by atoms with Gasteiger partial charge in [0.1, 0.15) is 11.5 Å². The number of carboxylic acids is 1. The molecule has 7 heteroatoms. The Labute approximate surface area is 144 Å². The Morgan fingerprint density at radius 1 is 1.24 bits per heavy atom. The number of nitrogens with zero attached hydrogens (tertiary/aromatic N) is 2. The van der Waals surface area contributed by atoms with E-state index in [4.69, 9.17) is 5.11 Å². The lowest BCUT2D eigenvalue weighted by atomic mass is 9.86. The quantitative estimate of drug-likeness (QED) is 0.892. The number of hydrogen-bond acceptors (Lipinski definition) is 3. The van der Waals surface area contributed by atoms with Crippen LogP contribution in [0.25, 0.3) is 5.69 Å². The van der Waals surface area contributed by atoms with Gasteiger partial charge in [0.05, 0.1) is 23.4 Å². The number of amides is 1. The van der Waals surface area contributed by atoms with Crippen LogP contribution < -0.4 is 5.32 Å². The van der Waals surface area contributed by atoms with E-state index in [1.54, 1.807) is 25.1 Å². The number of carbonyl (C=O) groups is 2. The second kappa shape index (κ2) is 7.04. The molecule has 1 fully saturated rings. The maximum Gasteiger partial charge on any atom is 0.306 e. The largest absolute Gasteiger partial charge is 0.481 e. The monoisotopic (exact) mass is 345 g/mol. The smallest absolute Gasteiger partial charge is 0.306 e. The van der Waals surface area contributed by atoms with Crippen LogP contribution in [0, 0.1) is 18.7 Å². The third-order valence-electron chi connectivity index (χ3n) is 4.75. The molecule has 2 N–H and O–H groups in total. The van der Waals surface area contributed by atoms with Gasteiger partial charge in [-0.25, -0.2) is 9.07 Å². The number of aromatic nitrogens is 2. The summed E-state index contributed by atoms with van der Waals surface area (Å²) in [5.74, 6) is -1.77. The molecule has 1 aromatic carbocycles. The summed E-state index contributed by atoms with van der Waals surface area (Å²) in [7, 11) is 0. The van der Waals surface area contributed by atoms with Crippen LogP contribution in [0.5, 0.6) is 0 Å². The lowest BCUT2D eigenvalue weighted by Crippen LogP contribution is -2.38. The molecule has 0 unspecified atom stereocenters. The Morgan fingerprint density at radius 3 is 2.56 bits per heavy atom. The Kier molecular flexibility index (Phi) is 4.83. The van der Waals surface area contributed by atoms with Gasteiger partial charge in [-0.3, -0.25) is 9.59 Å². The second-order valence-corrected chi connectivity index (χ2v) is 6.37. The van der Waals surface area contributed by atoms with Crippen molar-refractivity contribution in [2.75, 3.05) is 0 Å². The highest BCUT2D eigenvalue weighted by atomic mass is 19.1. The predicted molar refractivity (Wildman–Crippen MR) is 89.1 cm³/mol. The van der Waals surface area contributed by atoms with Crippen molar-refractivity contribution in [1.82, 2.24) is 15.1 Å². The molecule has 1 aliphatic carbocycles. The molecule has 0 bridgehead atoms. The van der Waals surface area contributed by atoms with Gasteiger partial charge >= 0.3 is 5.97 Å². The summed E-state index contributed by atoms with van der Waals surface area (Å²) in [5, 5.41) is 16.1. The van der Waals surface area contributed by atoms with Crippen LogP contribution in [-0.4, -0.2) is 32.8 Å². The van der Waals surface area contributed by atoms with E-state index in [0.29, 0.717) is 42.6 Å². The highest BCUT2D eigenvalue weighted by Crippen LogP contribution is 2.25. The Balaban J connectivity index is 1.70. The topological polar surface area (TPSA) is 84.2 Å². The number of nitrogens with one attached hydrogen (secondary N) is 1. The number of para-hydroxylation sites is 1. The first-order chi connectivity index (χ1) is 12.0. The van der Waals surface area contributed by atoms with Gasteiger partial charge in [-0.1, -0.05) is 12.1 Å². The van der Waals surface area contributed by atoms with Crippen molar-refractivity contribution < 1.29 is 19.1 Å². The van der Waals surface area contributed by atoms with Gasteiger partial charge < -0.3 is 10.4 Å². The Hall–Kier alpha value is -2.70. The normalized spacial score (nSPS) is 20.2. The van der Waals surface area contributed by atoms with Crippen LogP contribution in [0.3, 0.4) is 0 Å². The minimum absolute atomic E-state index is 0.0423. The number of carboxylic acid groups (broad SMARTS) is 1. The van der Waals surface area contributed by atoms with Gasteiger partial charge in [0, 0.05) is 6.04 Å². The fraction of sp³-hybridized carbons (Fsp3) is 0.389. The summed E-state index contributed by atoms with van der Waals surface area (Å²) in [6.45, 7) is 1.72. The molecule has 0 spiro atoms. The minimum Gasteiger partial charge on any atom is -0.481 e. The highest BCUT2D eigenvalue weighted by Gasteiger charge is 2.27. The molecule has 0 radical (unpaired) electrons. The fourth-order valence-corrected chi connectivity index (χ4v) is 3.25. The molecule has 25 heavy (non-hydrogen) atoms. The average Bonchev–Trinajstić information content (AvgIpc) is 2.97. The van der Waals surface area contributed by atoms with Crippen molar-refractivity contribution in [2.24, 2.45) is 5.92 Å². The maximum atomic E-state index is 13.9. The van der Waals surface area contributed by atoms with E-state index in [1.807, 2.05) is 0 Å². The third kappa shape index (κ3) is 3.55. The Bertz CT molecular complexity index is 795. The lowest BCUT2D eigenvalue weighted by molar-refractivity contribution is -0.142. The summed E-state index contributed by atoms with van der Waals surface area (Å²) in [5.41, 5.74) is 1.24. The number of aliphatic carboxylic acids is 1. The van der Waals surface area contributed by atoms with Crippen molar-refractivity contribution in [1.29, 1.82) is 0 Å².